The maximum absolute atomic E-state index is 12.4. The minimum Gasteiger partial charge on any atom is -0.315 e. The van der Waals surface area contributed by atoms with Crippen LogP contribution in [0.1, 0.15) is 11.3 Å². The number of halogens is 1. The molecule has 108 valence electrons. The standard InChI is InChI=1S/C11H18BrN3O2S2/c1-13-6-9-5-10(11(12)18-9)19(16,17)14-8-3-4-15(2)7-8/h5,8,13-14H,3-4,6-7H2,1-2H3. The van der Waals surface area contributed by atoms with Gasteiger partial charge in [0.2, 0.25) is 10.0 Å². The third-order valence-corrected chi connectivity index (χ3v) is 6.83. The molecule has 0 bridgehead atoms. The van der Waals surface area contributed by atoms with Crippen LogP contribution in [-0.2, 0) is 16.6 Å². The summed E-state index contributed by atoms with van der Waals surface area (Å²) in [4.78, 5) is 3.47. The summed E-state index contributed by atoms with van der Waals surface area (Å²) in [7, 11) is 0.405. The predicted molar refractivity (Wildman–Crippen MR) is 81.0 cm³/mol. The fraction of sp³-hybridized carbons (Fsp3) is 0.636. The summed E-state index contributed by atoms with van der Waals surface area (Å²) >= 11 is 4.79. The summed E-state index contributed by atoms with van der Waals surface area (Å²) in [5.74, 6) is 0. The van der Waals surface area contributed by atoms with Crippen molar-refractivity contribution in [3.63, 3.8) is 0 Å². The van der Waals surface area contributed by atoms with Crippen LogP contribution in [0, 0.1) is 0 Å². The molecule has 0 saturated carbocycles. The lowest BCUT2D eigenvalue weighted by atomic mass is 10.3. The highest BCUT2D eigenvalue weighted by Crippen LogP contribution is 2.32. The average molecular weight is 368 g/mol. The van der Waals surface area contributed by atoms with Crippen molar-refractivity contribution in [1.82, 2.24) is 14.9 Å². The van der Waals surface area contributed by atoms with Gasteiger partial charge in [-0.05, 0) is 49.1 Å². The predicted octanol–water partition coefficient (Wildman–Crippen LogP) is 1.21. The number of nitrogens with one attached hydrogen (secondary N) is 2. The minimum absolute atomic E-state index is 0.00884. The van der Waals surface area contributed by atoms with E-state index in [1.54, 1.807) is 6.07 Å². The Morgan fingerprint density at radius 2 is 2.32 bits per heavy atom. The number of sulfonamides is 1. The molecule has 8 heteroatoms. The normalized spacial score (nSPS) is 21.1. The van der Waals surface area contributed by atoms with Crippen LogP contribution in [0.2, 0.25) is 0 Å². The zero-order valence-corrected chi connectivity index (χ0v) is 14.2. The van der Waals surface area contributed by atoms with Crippen LogP contribution in [-0.4, -0.2) is 46.5 Å². The zero-order valence-electron chi connectivity index (χ0n) is 10.9. The van der Waals surface area contributed by atoms with Crippen molar-refractivity contribution in [3.05, 3.63) is 14.7 Å². The molecule has 0 radical (unpaired) electrons. The van der Waals surface area contributed by atoms with Gasteiger partial charge in [-0.15, -0.1) is 11.3 Å². The highest BCUT2D eigenvalue weighted by atomic mass is 79.9. The van der Waals surface area contributed by atoms with Gasteiger partial charge in [-0.25, -0.2) is 13.1 Å². The summed E-state index contributed by atoms with van der Waals surface area (Å²) in [5.41, 5.74) is 0. The number of likely N-dealkylation sites (tertiary alicyclic amines) is 1. The quantitative estimate of drug-likeness (QED) is 0.820. The number of likely N-dealkylation sites (N-methyl/N-ethyl adjacent to an activating group) is 1. The van der Waals surface area contributed by atoms with E-state index in [0.29, 0.717) is 15.2 Å². The Morgan fingerprint density at radius 1 is 1.58 bits per heavy atom. The second-order valence-electron chi connectivity index (χ2n) is 4.75. The Bertz CT molecular complexity index is 544. The number of thiophene rings is 1. The molecule has 1 aromatic rings. The molecule has 1 aromatic heterocycles. The van der Waals surface area contributed by atoms with Crippen molar-refractivity contribution in [2.75, 3.05) is 27.2 Å². The SMILES string of the molecule is CNCc1cc(S(=O)(=O)NC2CCN(C)C2)c(Br)s1. The summed E-state index contributed by atoms with van der Waals surface area (Å²) in [5, 5.41) is 3.02. The monoisotopic (exact) mass is 367 g/mol. The van der Waals surface area contributed by atoms with E-state index in [4.69, 9.17) is 0 Å². The Morgan fingerprint density at radius 3 is 2.89 bits per heavy atom. The first-order chi connectivity index (χ1) is 8.92. The van der Waals surface area contributed by atoms with Gasteiger partial charge in [0.1, 0.15) is 4.90 Å². The molecule has 5 nitrogen and oxygen atoms in total. The van der Waals surface area contributed by atoms with Gasteiger partial charge in [0, 0.05) is 24.0 Å². The molecule has 1 aliphatic rings. The van der Waals surface area contributed by atoms with Crippen LogP contribution in [0.15, 0.2) is 14.7 Å². The van der Waals surface area contributed by atoms with Gasteiger partial charge >= 0.3 is 0 Å². The Hall–Kier alpha value is 0.01000. The highest BCUT2D eigenvalue weighted by molar-refractivity contribution is 9.11. The van der Waals surface area contributed by atoms with Gasteiger partial charge in [-0.1, -0.05) is 0 Å². The molecular formula is C11H18BrN3O2S2. The van der Waals surface area contributed by atoms with Crippen molar-refractivity contribution >= 4 is 37.3 Å². The van der Waals surface area contributed by atoms with Crippen molar-refractivity contribution in [1.29, 1.82) is 0 Å². The summed E-state index contributed by atoms with van der Waals surface area (Å²) in [6, 6.07) is 1.74. The molecule has 0 amide bonds. The maximum atomic E-state index is 12.4. The van der Waals surface area contributed by atoms with Gasteiger partial charge in [-0.2, -0.15) is 0 Å². The van der Waals surface area contributed by atoms with Crippen LogP contribution in [0.3, 0.4) is 0 Å². The summed E-state index contributed by atoms with van der Waals surface area (Å²) < 4.78 is 28.2. The fourth-order valence-electron chi connectivity index (χ4n) is 2.16. The molecule has 19 heavy (non-hydrogen) atoms. The number of hydrogen-bond donors (Lipinski definition) is 2. The molecule has 1 fully saturated rings. The van der Waals surface area contributed by atoms with Crippen LogP contribution in [0.5, 0.6) is 0 Å². The van der Waals surface area contributed by atoms with Gasteiger partial charge < -0.3 is 10.2 Å². The van der Waals surface area contributed by atoms with Gasteiger partial charge in [0.05, 0.1) is 3.79 Å². The smallest absolute Gasteiger partial charge is 0.242 e. The number of rotatable bonds is 5. The summed E-state index contributed by atoms with van der Waals surface area (Å²) in [6.45, 7) is 2.37. The van der Waals surface area contributed by atoms with E-state index in [2.05, 4.69) is 30.9 Å². The van der Waals surface area contributed by atoms with Crippen molar-refractivity contribution in [2.24, 2.45) is 0 Å². The molecule has 1 saturated heterocycles. The van der Waals surface area contributed by atoms with Gasteiger partial charge in [0.15, 0.2) is 0 Å². The van der Waals surface area contributed by atoms with Crippen LogP contribution < -0.4 is 10.0 Å². The van der Waals surface area contributed by atoms with Gasteiger partial charge in [-0.3, -0.25) is 0 Å². The molecule has 2 N–H and O–H groups in total. The lowest BCUT2D eigenvalue weighted by Gasteiger charge is -2.12. The molecule has 0 aromatic carbocycles. The van der Waals surface area contributed by atoms with E-state index < -0.39 is 10.0 Å². The lowest BCUT2D eigenvalue weighted by molar-refractivity contribution is 0.407. The molecule has 2 heterocycles. The second-order valence-corrected chi connectivity index (χ2v) is 8.89. The van der Waals surface area contributed by atoms with Gasteiger partial charge in [0.25, 0.3) is 0 Å². The molecule has 0 spiro atoms. The topological polar surface area (TPSA) is 61.4 Å². The molecule has 1 atom stereocenters. The Labute approximate surface area is 126 Å². The van der Waals surface area contributed by atoms with Crippen molar-refractivity contribution in [2.45, 2.75) is 23.9 Å². The third-order valence-electron chi connectivity index (χ3n) is 3.06. The number of nitrogens with zero attached hydrogens (tertiary/aromatic N) is 1. The van der Waals surface area contributed by atoms with E-state index in [-0.39, 0.29) is 6.04 Å². The first kappa shape index (κ1) is 15.4. The van der Waals surface area contributed by atoms with E-state index in [1.807, 2.05) is 14.1 Å². The largest absolute Gasteiger partial charge is 0.315 e. The van der Waals surface area contributed by atoms with E-state index in [9.17, 15) is 8.42 Å². The second kappa shape index (κ2) is 6.19. The Balaban J connectivity index is 2.14. The molecule has 1 aliphatic heterocycles. The summed E-state index contributed by atoms with van der Waals surface area (Å²) in [6.07, 6.45) is 0.862. The third kappa shape index (κ3) is 3.77. The average Bonchev–Trinajstić information content (AvgIpc) is 2.86. The highest BCUT2D eigenvalue weighted by Gasteiger charge is 2.27. The first-order valence-electron chi connectivity index (χ1n) is 6.06. The van der Waals surface area contributed by atoms with Crippen LogP contribution in [0.25, 0.3) is 0 Å². The fourth-order valence-corrected chi connectivity index (χ4v) is 6.11. The number of hydrogen-bond acceptors (Lipinski definition) is 5. The Kier molecular flexibility index (Phi) is 5.02. The van der Waals surface area contributed by atoms with E-state index >= 15 is 0 Å². The van der Waals surface area contributed by atoms with E-state index in [1.165, 1.54) is 11.3 Å². The molecule has 0 aliphatic carbocycles. The van der Waals surface area contributed by atoms with E-state index in [0.717, 1.165) is 24.4 Å². The zero-order chi connectivity index (χ0) is 14.0. The maximum Gasteiger partial charge on any atom is 0.242 e. The molecular weight excluding hydrogens is 350 g/mol. The minimum atomic E-state index is -3.44. The van der Waals surface area contributed by atoms with Crippen molar-refractivity contribution in [3.8, 4) is 0 Å². The van der Waals surface area contributed by atoms with Crippen LogP contribution >= 0.6 is 27.3 Å². The molecule has 1 unspecified atom stereocenters. The lowest BCUT2D eigenvalue weighted by Crippen LogP contribution is -2.36. The van der Waals surface area contributed by atoms with Crippen LogP contribution in [0.4, 0.5) is 0 Å². The van der Waals surface area contributed by atoms with Crippen molar-refractivity contribution < 1.29 is 8.42 Å². The first-order valence-corrected chi connectivity index (χ1v) is 9.15. The molecule has 2 rings (SSSR count).